The average molecular weight is 199 g/mol. The van der Waals surface area contributed by atoms with Crippen molar-refractivity contribution in [2.75, 3.05) is 0 Å². The van der Waals surface area contributed by atoms with Crippen LogP contribution in [0.1, 0.15) is 17.0 Å². The molecular weight excluding hydrogens is 186 g/mol. The highest BCUT2D eigenvalue weighted by molar-refractivity contribution is 5.22. The van der Waals surface area contributed by atoms with Crippen molar-refractivity contribution in [2.24, 2.45) is 5.73 Å². The van der Waals surface area contributed by atoms with Gasteiger partial charge >= 0.3 is 0 Å². The van der Waals surface area contributed by atoms with Crippen LogP contribution in [0, 0.1) is 0 Å². The Labute approximate surface area is 89.0 Å². The van der Waals surface area contributed by atoms with Crippen molar-refractivity contribution in [3.63, 3.8) is 0 Å². The quantitative estimate of drug-likeness (QED) is 0.815. The molecule has 0 spiro atoms. The third-order valence-corrected chi connectivity index (χ3v) is 2.22. The maximum absolute atomic E-state index is 5.52. The van der Waals surface area contributed by atoms with Gasteiger partial charge in [-0.15, -0.1) is 0 Å². The first-order valence-electron chi connectivity index (χ1n) is 4.92. The van der Waals surface area contributed by atoms with Gasteiger partial charge in [0.2, 0.25) is 0 Å². The van der Waals surface area contributed by atoms with E-state index in [4.69, 9.17) is 5.73 Å². The molecule has 2 N–H and O–H groups in total. The number of hydrogen-bond donors (Lipinski definition) is 1. The van der Waals surface area contributed by atoms with Crippen molar-refractivity contribution in [1.82, 2.24) is 9.97 Å². The molecule has 0 atom stereocenters. The second-order valence-corrected chi connectivity index (χ2v) is 3.37. The lowest BCUT2D eigenvalue weighted by molar-refractivity contribution is 0.928. The van der Waals surface area contributed by atoms with Gasteiger partial charge in [-0.1, -0.05) is 30.3 Å². The van der Waals surface area contributed by atoms with Crippen LogP contribution in [0.3, 0.4) is 0 Å². The third kappa shape index (κ3) is 2.60. The number of benzene rings is 1. The van der Waals surface area contributed by atoms with Crippen molar-refractivity contribution >= 4 is 0 Å². The van der Waals surface area contributed by atoms with E-state index >= 15 is 0 Å². The molecule has 0 aliphatic heterocycles. The van der Waals surface area contributed by atoms with Gasteiger partial charge in [0.15, 0.2) is 0 Å². The molecule has 0 saturated heterocycles. The smallest absolute Gasteiger partial charge is 0.115 e. The zero-order chi connectivity index (χ0) is 10.5. The molecule has 1 aromatic carbocycles. The predicted molar refractivity (Wildman–Crippen MR) is 59.2 cm³/mol. The molecule has 1 heterocycles. The summed E-state index contributed by atoms with van der Waals surface area (Å²) in [4.78, 5) is 8.28. The molecule has 3 nitrogen and oxygen atoms in total. The summed E-state index contributed by atoms with van der Waals surface area (Å²) in [7, 11) is 0. The lowest BCUT2D eigenvalue weighted by atomic mass is 10.1. The lowest BCUT2D eigenvalue weighted by Gasteiger charge is -2.02. The third-order valence-electron chi connectivity index (χ3n) is 2.22. The van der Waals surface area contributed by atoms with Crippen LogP contribution in [-0.2, 0) is 13.0 Å². The van der Waals surface area contributed by atoms with Gasteiger partial charge in [0, 0.05) is 18.7 Å². The number of nitrogens with zero attached hydrogens (tertiary/aromatic N) is 2. The van der Waals surface area contributed by atoms with E-state index in [9.17, 15) is 0 Å². The van der Waals surface area contributed by atoms with E-state index in [1.807, 2.05) is 24.3 Å². The highest BCUT2D eigenvalue weighted by atomic mass is 14.8. The van der Waals surface area contributed by atoms with Gasteiger partial charge in [-0.25, -0.2) is 9.97 Å². The molecule has 3 heteroatoms. The number of nitrogens with two attached hydrogens (primary N) is 1. The second-order valence-electron chi connectivity index (χ2n) is 3.37. The summed E-state index contributed by atoms with van der Waals surface area (Å²) >= 11 is 0. The maximum atomic E-state index is 5.52. The Balaban J connectivity index is 2.17. The fourth-order valence-corrected chi connectivity index (χ4v) is 1.46. The topological polar surface area (TPSA) is 51.8 Å². The van der Waals surface area contributed by atoms with Crippen molar-refractivity contribution in [3.05, 3.63) is 59.7 Å². The van der Waals surface area contributed by atoms with Crippen LogP contribution in [-0.4, -0.2) is 9.97 Å². The van der Waals surface area contributed by atoms with Crippen molar-refractivity contribution in [1.29, 1.82) is 0 Å². The molecule has 76 valence electrons. The van der Waals surface area contributed by atoms with Crippen LogP contribution >= 0.6 is 0 Å². The molecule has 0 aliphatic carbocycles. The van der Waals surface area contributed by atoms with Crippen molar-refractivity contribution in [2.45, 2.75) is 13.0 Å². The molecule has 0 radical (unpaired) electrons. The summed E-state index contributed by atoms with van der Waals surface area (Å²) in [5, 5.41) is 0. The van der Waals surface area contributed by atoms with Crippen molar-refractivity contribution in [3.8, 4) is 0 Å². The monoisotopic (exact) mass is 199 g/mol. The highest BCUT2D eigenvalue weighted by Gasteiger charge is 1.98. The molecule has 2 aromatic rings. The minimum atomic E-state index is 0.463. The molecule has 0 bridgehead atoms. The van der Waals surface area contributed by atoms with Crippen LogP contribution in [0.15, 0.2) is 42.7 Å². The van der Waals surface area contributed by atoms with E-state index < -0.39 is 0 Å². The van der Waals surface area contributed by atoms with Gasteiger partial charge in [0.25, 0.3) is 0 Å². The first-order valence-corrected chi connectivity index (χ1v) is 4.92. The molecule has 0 saturated carbocycles. The molecule has 0 aliphatic rings. The number of rotatable bonds is 3. The maximum Gasteiger partial charge on any atom is 0.115 e. The molecule has 0 fully saturated rings. The van der Waals surface area contributed by atoms with Gasteiger partial charge in [-0.05, 0) is 11.6 Å². The first-order chi connectivity index (χ1) is 7.38. The Morgan fingerprint density at radius 2 is 1.73 bits per heavy atom. The molecule has 1 aromatic heterocycles. The van der Waals surface area contributed by atoms with Gasteiger partial charge in [-0.3, -0.25) is 0 Å². The number of aromatic nitrogens is 2. The summed E-state index contributed by atoms with van der Waals surface area (Å²) in [6.45, 7) is 0.463. The Kier molecular flexibility index (Phi) is 3.05. The lowest BCUT2D eigenvalue weighted by Crippen LogP contribution is -2.02. The van der Waals surface area contributed by atoms with Crippen LogP contribution < -0.4 is 5.73 Å². The Morgan fingerprint density at radius 1 is 1.00 bits per heavy atom. The van der Waals surface area contributed by atoms with Gasteiger partial charge in [0.05, 0.1) is 5.69 Å². The summed E-state index contributed by atoms with van der Waals surface area (Å²) in [5.74, 6) is 0. The van der Waals surface area contributed by atoms with E-state index in [0.29, 0.717) is 6.54 Å². The van der Waals surface area contributed by atoms with E-state index in [1.54, 1.807) is 6.33 Å². The minimum Gasteiger partial charge on any atom is -0.325 e. The summed E-state index contributed by atoms with van der Waals surface area (Å²) in [6.07, 6.45) is 2.40. The molecule has 2 rings (SSSR count). The normalized spacial score (nSPS) is 10.2. The van der Waals surface area contributed by atoms with E-state index in [0.717, 1.165) is 17.8 Å². The van der Waals surface area contributed by atoms with E-state index in [1.165, 1.54) is 5.56 Å². The van der Waals surface area contributed by atoms with Gasteiger partial charge in [0.1, 0.15) is 6.33 Å². The van der Waals surface area contributed by atoms with Gasteiger partial charge < -0.3 is 5.73 Å². The fourth-order valence-electron chi connectivity index (χ4n) is 1.46. The standard InChI is InChI=1S/C12H13N3/c13-8-12-7-11(14-9-15-12)6-10-4-2-1-3-5-10/h1-5,7,9H,6,8,13H2. The molecule has 0 unspecified atom stereocenters. The summed E-state index contributed by atoms with van der Waals surface area (Å²) in [5.41, 5.74) is 8.67. The van der Waals surface area contributed by atoms with Crippen molar-refractivity contribution < 1.29 is 0 Å². The Morgan fingerprint density at radius 3 is 2.47 bits per heavy atom. The van der Waals surface area contributed by atoms with Crippen LogP contribution in [0.5, 0.6) is 0 Å². The average Bonchev–Trinajstić information content (AvgIpc) is 2.31. The summed E-state index contributed by atoms with van der Waals surface area (Å²) in [6, 6.07) is 12.2. The molecular formula is C12H13N3. The Bertz CT molecular complexity index is 426. The zero-order valence-corrected chi connectivity index (χ0v) is 8.43. The molecule has 15 heavy (non-hydrogen) atoms. The highest BCUT2D eigenvalue weighted by Crippen LogP contribution is 2.06. The largest absolute Gasteiger partial charge is 0.325 e. The van der Waals surface area contributed by atoms with Crippen LogP contribution in [0.4, 0.5) is 0 Å². The first kappa shape index (κ1) is 9.80. The zero-order valence-electron chi connectivity index (χ0n) is 8.43. The SMILES string of the molecule is NCc1cc(Cc2ccccc2)ncn1. The fraction of sp³-hybridized carbons (Fsp3) is 0.167. The van der Waals surface area contributed by atoms with Gasteiger partial charge in [-0.2, -0.15) is 0 Å². The predicted octanol–water partition coefficient (Wildman–Crippen LogP) is 1.53. The van der Waals surface area contributed by atoms with E-state index in [2.05, 4.69) is 22.1 Å². The molecule has 0 amide bonds. The van der Waals surface area contributed by atoms with Crippen LogP contribution in [0.25, 0.3) is 0 Å². The van der Waals surface area contributed by atoms with E-state index in [-0.39, 0.29) is 0 Å². The summed E-state index contributed by atoms with van der Waals surface area (Å²) < 4.78 is 0. The van der Waals surface area contributed by atoms with Crippen LogP contribution in [0.2, 0.25) is 0 Å². The second kappa shape index (κ2) is 4.66. The Hall–Kier alpha value is -1.74. The number of hydrogen-bond acceptors (Lipinski definition) is 3. The minimum absolute atomic E-state index is 0.463.